The maximum Gasteiger partial charge on any atom is 0.125 e. The SMILES string of the molecule is CCCOc1cc(N)cc(OC(C)COC)c1. The fraction of sp³-hybridized carbons (Fsp3) is 0.538. The molecule has 0 fully saturated rings. The van der Waals surface area contributed by atoms with E-state index in [2.05, 4.69) is 6.92 Å². The molecule has 0 bridgehead atoms. The van der Waals surface area contributed by atoms with Crippen molar-refractivity contribution in [3.8, 4) is 11.5 Å². The van der Waals surface area contributed by atoms with E-state index in [1.165, 1.54) is 0 Å². The molecule has 1 atom stereocenters. The average Bonchev–Trinajstić information content (AvgIpc) is 2.25. The lowest BCUT2D eigenvalue weighted by Crippen LogP contribution is -2.18. The lowest BCUT2D eigenvalue weighted by atomic mass is 10.3. The van der Waals surface area contributed by atoms with Crippen molar-refractivity contribution in [2.24, 2.45) is 0 Å². The van der Waals surface area contributed by atoms with Crippen LogP contribution < -0.4 is 15.2 Å². The van der Waals surface area contributed by atoms with Crippen LogP contribution in [0.2, 0.25) is 0 Å². The molecule has 1 unspecified atom stereocenters. The molecule has 0 saturated heterocycles. The molecule has 17 heavy (non-hydrogen) atoms. The van der Waals surface area contributed by atoms with E-state index in [-0.39, 0.29) is 6.10 Å². The minimum absolute atomic E-state index is 0.0131. The van der Waals surface area contributed by atoms with Crippen LogP contribution >= 0.6 is 0 Å². The Bertz CT molecular complexity index is 341. The van der Waals surface area contributed by atoms with E-state index in [9.17, 15) is 0 Å². The normalized spacial score (nSPS) is 12.2. The monoisotopic (exact) mass is 239 g/mol. The second-order valence-corrected chi connectivity index (χ2v) is 3.97. The van der Waals surface area contributed by atoms with E-state index in [4.69, 9.17) is 19.9 Å². The molecule has 0 aliphatic rings. The Labute approximate surface area is 103 Å². The first-order chi connectivity index (χ1) is 8.15. The third-order valence-electron chi connectivity index (χ3n) is 2.11. The van der Waals surface area contributed by atoms with Crippen LogP contribution in [-0.4, -0.2) is 26.4 Å². The van der Waals surface area contributed by atoms with Gasteiger partial charge in [0.15, 0.2) is 0 Å². The summed E-state index contributed by atoms with van der Waals surface area (Å²) in [4.78, 5) is 0. The van der Waals surface area contributed by atoms with Gasteiger partial charge in [-0.3, -0.25) is 0 Å². The first-order valence-electron chi connectivity index (χ1n) is 5.84. The predicted molar refractivity (Wildman–Crippen MR) is 68.6 cm³/mol. The van der Waals surface area contributed by atoms with E-state index in [0.717, 1.165) is 12.2 Å². The van der Waals surface area contributed by atoms with Gasteiger partial charge in [0.05, 0.1) is 13.2 Å². The Balaban J connectivity index is 2.67. The van der Waals surface area contributed by atoms with E-state index in [1.54, 1.807) is 19.2 Å². The molecule has 0 amide bonds. The van der Waals surface area contributed by atoms with Crippen LogP contribution in [0.15, 0.2) is 18.2 Å². The molecule has 0 aliphatic heterocycles. The van der Waals surface area contributed by atoms with Gasteiger partial charge in [0.1, 0.15) is 17.6 Å². The molecule has 0 aliphatic carbocycles. The summed E-state index contributed by atoms with van der Waals surface area (Å²) in [5, 5.41) is 0. The zero-order valence-corrected chi connectivity index (χ0v) is 10.7. The zero-order valence-electron chi connectivity index (χ0n) is 10.7. The van der Waals surface area contributed by atoms with E-state index in [0.29, 0.717) is 24.7 Å². The van der Waals surface area contributed by atoms with Crippen LogP contribution in [0.1, 0.15) is 20.3 Å². The quantitative estimate of drug-likeness (QED) is 0.743. The van der Waals surface area contributed by atoms with Gasteiger partial charge in [0, 0.05) is 31.0 Å². The number of hydrogen-bond acceptors (Lipinski definition) is 4. The molecular formula is C13H21NO3. The zero-order chi connectivity index (χ0) is 12.7. The molecule has 4 nitrogen and oxygen atoms in total. The summed E-state index contributed by atoms with van der Waals surface area (Å²) in [5.41, 5.74) is 6.43. The summed E-state index contributed by atoms with van der Waals surface area (Å²) in [6.07, 6.45) is 0.950. The molecule has 4 heteroatoms. The fourth-order valence-electron chi connectivity index (χ4n) is 1.47. The van der Waals surface area contributed by atoms with Crippen molar-refractivity contribution in [1.82, 2.24) is 0 Å². The Morgan fingerprint density at radius 1 is 1.24 bits per heavy atom. The van der Waals surface area contributed by atoms with Gasteiger partial charge in [0.25, 0.3) is 0 Å². The molecule has 0 aromatic heterocycles. The van der Waals surface area contributed by atoms with Gasteiger partial charge < -0.3 is 19.9 Å². The smallest absolute Gasteiger partial charge is 0.125 e. The molecule has 2 N–H and O–H groups in total. The lowest BCUT2D eigenvalue weighted by Gasteiger charge is -2.15. The first-order valence-corrected chi connectivity index (χ1v) is 5.84. The number of benzene rings is 1. The number of hydrogen-bond donors (Lipinski definition) is 1. The number of ether oxygens (including phenoxy) is 3. The number of methoxy groups -OCH3 is 1. The predicted octanol–water partition coefficient (Wildman–Crippen LogP) is 2.47. The number of rotatable bonds is 7. The third kappa shape index (κ3) is 4.95. The summed E-state index contributed by atoms with van der Waals surface area (Å²) in [6.45, 7) is 5.22. The van der Waals surface area contributed by atoms with E-state index >= 15 is 0 Å². The van der Waals surface area contributed by atoms with Gasteiger partial charge in [0.2, 0.25) is 0 Å². The standard InChI is InChI=1S/C13H21NO3/c1-4-5-16-12-6-11(14)7-13(8-12)17-10(2)9-15-3/h6-8,10H,4-5,9,14H2,1-3H3. The Hall–Kier alpha value is -1.42. The van der Waals surface area contributed by atoms with Gasteiger partial charge in [-0.1, -0.05) is 6.92 Å². The number of anilines is 1. The van der Waals surface area contributed by atoms with Crippen molar-refractivity contribution in [3.05, 3.63) is 18.2 Å². The van der Waals surface area contributed by atoms with Gasteiger partial charge in [-0.2, -0.15) is 0 Å². The Morgan fingerprint density at radius 2 is 1.94 bits per heavy atom. The van der Waals surface area contributed by atoms with Crippen LogP contribution in [0.4, 0.5) is 5.69 Å². The summed E-state index contributed by atoms with van der Waals surface area (Å²) in [5.74, 6) is 1.45. The molecule has 1 aromatic carbocycles. The largest absolute Gasteiger partial charge is 0.493 e. The summed E-state index contributed by atoms with van der Waals surface area (Å²) in [7, 11) is 1.65. The molecular weight excluding hydrogens is 218 g/mol. The maximum absolute atomic E-state index is 5.79. The molecule has 0 heterocycles. The molecule has 0 spiro atoms. The second-order valence-electron chi connectivity index (χ2n) is 3.97. The molecule has 96 valence electrons. The maximum atomic E-state index is 5.79. The van der Waals surface area contributed by atoms with Gasteiger partial charge in [-0.25, -0.2) is 0 Å². The third-order valence-corrected chi connectivity index (χ3v) is 2.11. The summed E-state index contributed by atoms with van der Waals surface area (Å²) < 4.78 is 16.2. The minimum Gasteiger partial charge on any atom is -0.493 e. The van der Waals surface area contributed by atoms with Crippen LogP contribution in [0, 0.1) is 0 Å². The van der Waals surface area contributed by atoms with Crippen LogP contribution in [-0.2, 0) is 4.74 Å². The van der Waals surface area contributed by atoms with Crippen molar-refractivity contribution < 1.29 is 14.2 Å². The van der Waals surface area contributed by atoms with Gasteiger partial charge in [-0.15, -0.1) is 0 Å². The number of nitrogens with two attached hydrogens (primary N) is 1. The Kier molecular flexibility index (Phi) is 5.63. The molecule has 1 aromatic rings. The van der Waals surface area contributed by atoms with Crippen LogP contribution in [0.3, 0.4) is 0 Å². The highest BCUT2D eigenvalue weighted by molar-refractivity contribution is 5.50. The second kappa shape index (κ2) is 7.01. The molecule has 0 saturated carbocycles. The van der Waals surface area contributed by atoms with Crippen molar-refractivity contribution >= 4 is 5.69 Å². The highest BCUT2D eigenvalue weighted by Crippen LogP contribution is 2.25. The lowest BCUT2D eigenvalue weighted by molar-refractivity contribution is 0.0919. The van der Waals surface area contributed by atoms with E-state index < -0.39 is 0 Å². The Morgan fingerprint density at radius 3 is 2.59 bits per heavy atom. The average molecular weight is 239 g/mol. The summed E-state index contributed by atoms with van der Waals surface area (Å²) >= 11 is 0. The van der Waals surface area contributed by atoms with Crippen molar-refractivity contribution in [2.75, 3.05) is 26.1 Å². The fourth-order valence-corrected chi connectivity index (χ4v) is 1.47. The first kappa shape index (κ1) is 13.6. The van der Waals surface area contributed by atoms with Crippen LogP contribution in [0.5, 0.6) is 11.5 Å². The topological polar surface area (TPSA) is 53.7 Å². The van der Waals surface area contributed by atoms with Crippen LogP contribution in [0.25, 0.3) is 0 Å². The highest BCUT2D eigenvalue weighted by atomic mass is 16.5. The van der Waals surface area contributed by atoms with Gasteiger partial charge in [-0.05, 0) is 13.3 Å². The van der Waals surface area contributed by atoms with Gasteiger partial charge >= 0.3 is 0 Å². The molecule has 1 rings (SSSR count). The van der Waals surface area contributed by atoms with Crippen molar-refractivity contribution in [1.29, 1.82) is 0 Å². The van der Waals surface area contributed by atoms with E-state index in [1.807, 2.05) is 13.0 Å². The number of nitrogen functional groups attached to an aromatic ring is 1. The molecule has 0 radical (unpaired) electrons. The van der Waals surface area contributed by atoms with Crippen molar-refractivity contribution in [2.45, 2.75) is 26.4 Å². The summed E-state index contributed by atoms with van der Waals surface area (Å²) in [6, 6.07) is 5.42. The minimum atomic E-state index is -0.0131. The van der Waals surface area contributed by atoms with Crippen molar-refractivity contribution in [3.63, 3.8) is 0 Å². The highest BCUT2D eigenvalue weighted by Gasteiger charge is 2.06.